The van der Waals surface area contributed by atoms with Crippen LogP contribution in [0.2, 0.25) is 0 Å². The summed E-state index contributed by atoms with van der Waals surface area (Å²) >= 11 is 3.14. The number of aliphatic hydroxyl groups is 1. The summed E-state index contributed by atoms with van der Waals surface area (Å²) in [6.07, 6.45) is 2.92. The highest BCUT2D eigenvalue weighted by atomic mass is 79.9. The lowest BCUT2D eigenvalue weighted by Gasteiger charge is -2.10. The molecule has 0 fully saturated rings. The zero-order valence-electron chi connectivity index (χ0n) is 6.43. The van der Waals surface area contributed by atoms with Crippen LogP contribution in [-0.2, 0) is 0 Å². The number of rotatable bonds is 1. The molecule has 3 N–H and O–H groups in total. The fraction of sp³-hybridized carbons (Fsp3) is 0.143. The predicted molar refractivity (Wildman–Crippen MR) is 51.9 cm³/mol. The first-order valence-corrected chi connectivity index (χ1v) is 4.05. The van der Waals surface area contributed by atoms with E-state index >= 15 is 0 Å². The smallest absolute Gasteiger partial charge is 0.221 e. The van der Waals surface area contributed by atoms with Crippen LogP contribution in [0.4, 0.5) is 0 Å². The van der Waals surface area contributed by atoms with Crippen LogP contribution in [0, 0.1) is 5.41 Å². The summed E-state index contributed by atoms with van der Waals surface area (Å²) in [4.78, 5) is 3.68. The molecule has 1 aliphatic rings. The Labute approximate surface area is 78.3 Å². The molecular weight excluding hydrogens is 222 g/mol. The molecule has 5 heteroatoms. The minimum absolute atomic E-state index is 0.141. The lowest BCUT2D eigenvalue weighted by molar-refractivity contribution is 0.554. The van der Waals surface area contributed by atoms with Gasteiger partial charge in [-0.3, -0.25) is 5.41 Å². The molecule has 0 saturated carbocycles. The van der Waals surface area contributed by atoms with Crippen molar-refractivity contribution in [1.82, 2.24) is 5.32 Å². The zero-order chi connectivity index (χ0) is 9.14. The van der Waals surface area contributed by atoms with Gasteiger partial charge in [-0.25, -0.2) is 4.99 Å². The molecule has 0 amide bonds. The number of hydrogen-bond donors (Lipinski definition) is 3. The monoisotopic (exact) mass is 229 g/mol. The number of nitrogens with zero attached hydrogens (tertiary/aromatic N) is 1. The van der Waals surface area contributed by atoms with Gasteiger partial charge in [-0.2, -0.15) is 0 Å². The Kier molecular flexibility index (Phi) is 2.65. The van der Waals surface area contributed by atoms with Crippen LogP contribution in [0.25, 0.3) is 0 Å². The average Bonchev–Trinajstić information content (AvgIpc) is 2.06. The fourth-order valence-electron chi connectivity index (χ4n) is 0.773. The lowest BCUT2D eigenvalue weighted by Crippen LogP contribution is -2.17. The van der Waals surface area contributed by atoms with Crippen molar-refractivity contribution in [2.24, 2.45) is 4.99 Å². The molecule has 0 spiro atoms. The van der Waals surface area contributed by atoms with Gasteiger partial charge in [0.1, 0.15) is 0 Å². The summed E-state index contributed by atoms with van der Waals surface area (Å²) < 4.78 is 0.557. The highest BCUT2D eigenvalue weighted by molar-refractivity contribution is 9.12. The van der Waals surface area contributed by atoms with E-state index in [-0.39, 0.29) is 11.6 Å². The minimum atomic E-state index is -0.141. The molecule has 0 atom stereocenters. The van der Waals surface area contributed by atoms with Crippen molar-refractivity contribution >= 4 is 27.5 Å². The van der Waals surface area contributed by atoms with Crippen LogP contribution in [0.1, 0.15) is 0 Å². The molecule has 12 heavy (non-hydrogen) atoms. The van der Waals surface area contributed by atoms with Gasteiger partial charge in [-0.15, -0.1) is 0 Å². The molecule has 0 aromatic heterocycles. The molecule has 1 heterocycles. The van der Waals surface area contributed by atoms with E-state index in [9.17, 15) is 5.11 Å². The quantitative estimate of drug-likeness (QED) is 0.635. The highest BCUT2D eigenvalue weighted by Crippen LogP contribution is 2.17. The predicted octanol–water partition coefficient (Wildman–Crippen LogP) is 1.32. The third-order valence-corrected chi connectivity index (χ3v) is 1.94. The fourth-order valence-corrected chi connectivity index (χ4v) is 1.09. The summed E-state index contributed by atoms with van der Waals surface area (Å²) in [6, 6.07) is 0. The van der Waals surface area contributed by atoms with Gasteiger partial charge in [-0.05, 0) is 15.9 Å². The maximum Gasteiger partial charge on any atom is 0.221 e. The van der Waals surface area contributed by atoms with Gasteiger partial charge in [0.05, 0.1) is 15.8 Å². The second-order valence-electron chi connectivity index (χ2n) is 2.15. The van der Waals surface area contributed by atoms with E-state index in [1.807, 2.05) is 0 Å². The third kappa shape index (κ3) is 1.55. The molecule has 0 bridgehead atoms. The van der Waals surface area contributed by atoms with Gasteiger partial charge in [0.2, 0.25) is 5.90 Å². The second-order valence-corrected chi connectivity index (χ2v) is 3.01. The lowest BCUT2D eigenvalue weighted by atomic mass is 10.1. The number of nitrogens with one attached hydrogen (secondary N) is 2. The van der Waals surface area contributed by atoms with Gasteiger partial charge in [0, 0.05) is 19.4 Å². The molecule has 0 saturated heterocycles. The van der Waals surface area contributed by atoms with Crippen LogP contribution in [-0.4, -0.2) is 23.8 Å². The maximum absolute atomic E-state index is 9.22. The Morgan fingerprint density at radius 2 is 2.42 bits per heavy atom. The van der Waals surface area contributed by atoms with Crippen molar-refractivity contribution in [3.8, 4) is 0 Å². The van der Waals surface area contributed by atoms with E-state index in [1.165, 1.54) is 12.4 Å². The van der Waals surface area contributed by atoms with Crippen molar-refractivity contribution in [3.05, 3.63) is 22.5 Å². The standard InChI is InChI=1S/C7H8BrN3O/c1-10-2-4-6(9)5(8)3-11-7(4)12/h2-3,9-10H,1H3,(H,11,12)/b4-2+,9-6?. The molecule has 64 valence electrons. The summed E-state index contributed by atoms with van der Waals surface area (Å²) in [5, 5.41) is 19.5. The molecule has 0 aromatic carbocycles. The van der Waals surface area contributed by atoms with Gasteiger partial charge >= 0.3 is 0 Å². The third-order valence-electron chi connectivity index (χ3n) is 1.34. The molecular formula is C7H8BrN3O. The number of aliphatic hydroxyl groups excluding tert-OH is 1. The van der Waals surface area contributed by atoms with Crippen LogP contribution < -0.4 is 5.32 Å². The van der Waals surface area contributed by atoms with Gasteiger partial charge in [0.15, 0.2) is 0 Å². The maximum atomic E-state index is 9.22. The van der Waals surface area contributed by atoms with E-state index < -0.39 is 0 Å². The largest absolute Gasteiger partial charge is 0.493 e. The van der Waals surface area contributed by atoms with Gasteiger partial charge < -0.3 is 10.4 Å². The van der Waals surface area contributed by atoms with Crippen molar-refractivity contribution in [2.45, 2.75) is 0 Å². The molecule has 1 rings (SSSR count). The van der Waals surface area contributed by atoms with E-state index in [0.717, 1.165) is 0 Å². The number of hydrogen-bond acceptors (Lipinski definition) is 3. The van der Waals surface area contributed by atoms with Crippen LogP contribution in [0.5, 0.6) is 0 Å². The summed E-state index contributed by atoms with van der Waals surface area (Å²) in [5.41, 5.74) is 0.601. The van der Waals surface area contributed by atoms with Crippen molar-refractivity contribution < 1.29 is 5.11 Å². The number of halogens is 1. The van der Waals surface area contributed by atoms with Crippen LogP contribution in [0.3, 0.4) is 0 Å². The molecule has 0 aromatic rings. The van der Waals surface area contributed by atoms with Gasteiger partial charge in [0.25, 0.3) is 0 Å². The van der Waals surface area contributed by atoms with Gasteiger partial charge in [-0.1, -0.05) is 0 Å². The molecule has 4 nitrogen and oxygen atoms in total. The molecule has 1 aliphatic heterocycles. The summed E-state index contributed by atoms with van der Waals surface area (Å²) in [5.74, 6) is -0.141. The molecule has 0 aliphatic carbocycles. The highest BCUT2D eigenvalue weighted by Gasteiger charge is 2.17. The van der Waals surface area contributed by atoms with E-state index in [0.29, 0.717) is 10.1 Å². The van der Waals surface area contributed by atoms with Crippen molar-refractivity contribution in [2.75, 3.05) is 7.05 Å². The number of aliphatic imine (C=N–C) groups is 1. The first-order valence-electron chi connectivity index (χ1n) is 3.26. The molecule has 0 radical (unpaired) electrons. The average molecular weight is 230 g/mol. The topological polar surface area (TPSA) is 68.5 Å². The van der Waals surface area contributed by atoms with Crippen LogP contribution >= 0.6 is 15.9 Å². The Bertz CT molecular complexity index is 300. The SMILES string of the molecule is CN/C=C1\C(=N)C(Br)=CN=C1O. The summed E-state index contributed by atoms with van der Waals surface area (Å²) in [7, 11) is 1.69. The first kappa shape index (κ1) is 8.99. The van der Waals surface area contributed by atoms with E-state index in [4.69, 9.17) is 5.41 Å². The van der Waals surface area contributed by atoms with Crippen molar-refractivity contribution in [3.63, 3.8) is 0 Å². The Morgan fingerprint density at radius 3 is 3.00 bits per heavy atom. The Balaban J connectivity index is 3.06. The minimum Gasteiger partial charge on any atom is -0.493 e. The summed E-state index contributed by atoms with van der Waals surface area (Å²) in [6.45, 7) is 0. The van der Waals surface area contributed by atoms with E-state index in [2.05, 4.69) is 26.2 Å². The zero-order valence-corrected chi connectivity index (χ0v) is 8.01. The normalized spacial score (nSPS) is 20.5. The Hall–Kier alpha value is -1.10. The second kappa shape index (κ2) is 3.53. The number of allylic oxidation sites excluding steroid dienone is 1. The first-order chi connectivity index (χ1) is 5.66. The van der Waals surface area contributed by atoms with Crippen LogP contribution in [0.15, 0.2) is 27.4 Å². The Morgan fingerprint density at radius 1 is 1.75 bits per heavy atom. The van der Waals surface area contributed by atoms with Crippen molar-refractivity contribution in [1.29, 1.82) is 5.41 Å². The van der Waals surface area contributed by atoms with E-state index in [1.54, 1.807) is 7.05 Å². The molecule has 0 unspecified atom stereocenters.